The average molecular weight is 360 g/mol. The summed E-state index contributed by atoms with van der Waals surface area (Å²) in [6, 6.07) is 18.5. The largest absolute Gasteiger partial charge is 1.00 e. The van der Waals surface area contributed by atoms with E-state index >= 15 is 0 Å². The number of anilines is 1. The van der Waals surface area contributed by atoms with Crippen molar-refractivity contribution in [2.24, 2.45) is 5.41 Å². The van der Waals surface area contributed by atoms with Gasteiger partial charge in [0.2, 0.25) is 0 Å². The number of hydrogen-bond donors (Lipinski definition) is 2. The van der Waals surface area contributed by atoms with E-state index in [1.54, 1.807) is 0 Å². The number of halogens is 1. The highest BCUT2D eigenvalue weighted by atomic mass is 35.5. The average Bonchev–Trinajstić information content (AvgIpc) is 2.81. The zero-order chi connectivity index (χ0) is 17.3. The van der Waals surface area contributed by atoms with Crippen LogP contribution in [-0.2, 0) is 13.1 Å². The summed E-state index contributed by atoms with van der Waals surface area (Å²) in [5, 5.41) is 10.5. The van der Waals surface area contributed by atoms with Crippen LogP contribution in [0.3, 0.4) is 0 Å². The lowest BCUT2D eigenvalue weighted by Gasteiger charge is -2.24. The van der Waals surface area contributed by atoms with Gasteiger partial charge in [0.25, 0.3) is 0 Å². The Bertz CT molecular complexity index is 837. The molecular formula is C20H26ClN3O. The van der Waals surface area contributed by atoms with E-state index in [0.717, 1.165) is 11.0 Å². The van der Waals surface area contributed by atoms with Crippen molar-refractivity contribution in [3.05, 3.63) is 60.2 Å². The number of nitrogen functional groups attached to an aromatic ring is 1. The molecule has 5 heteroatoms. The minimum atomic E-state index is -0.471. The molecule has 0 aliphatic rings. The van der Waals surface area contributed by atoms with E-state index in [9.17, 15) is 5.11 Å². The fourth-order valence-corrected chi connectivity index (χ4v) is 2.88. The molecule has 0 spiro atoms. The molecule has 0 aliphatic heterocycles. The van der Waals surface area contributed by atoms with Gasteiger partial charge in [-0.25, -0.2) is 9.13 Å². The summed E-state index contributed by atoms with van der Waals surface area (Å²) >= 11 is 0. The van der Waals surface area contributed by atoms with Gasteiger partial charge < -0.3 is 17.5 Å². The normalized spacial score (nSPS) is 12.8. The summed E-state index contributed by atoms with van der Waals surface area (Å²) in [4.78, 5) is 0. The highest BCUT2D eigenvalue weighted by Gasteiger charge is 2.28. The zero-order valence-electron chi connectivity index (χ0n) is 15.0. The minimum Gasteiger partial charge on any atom is -1.00 e. The van der Waals surface area contributed by atoms with Crippen molar-refractivity contribution in [1.82, 2.24) is 4.57 Å². The van der Waals surface area contributed by atoms with Crippen LogP contribution < -0.4 is 22.7 Å². The SMILES string of the molecule is CC(C)(C)C(O)Cn1c(N)[n+](Cc2ccccc2)c2ccccc21.[Cl-]. The maximum absolute atomic E-state index is 10.5. The molecule has 1 heterocycles. The lowest BCUT2D eigenvalue weighted by Crippen LogP contribution is -3.00. The van der Waals surface area contributed by atoms with Crippen LogP contribution in [0.1, 0.15) is 26.3 Å². The quantitative estimate of drug-likeness (QED) is 0.643. The zero-order valence-corrected chi connectivity index (χ0v) is 15.7. The Morgan fingerprint density at radius 3 is 2.28 bits per heavy atom. The number of benzene rings is 2. The van der Waals surface area contributed by atoms with Gasteiger partial charge in [-0.3, -0.25) is 5.73 Å². The third-order valence-electron chi connectivity index (χ3n) is 4.56. The van der Waals surface area contributed by atoms with Gasteiger partial charge in [0.1, 0.15) is 11.0 Å². The van der Waals surface area contributed by atoms with Crippen molar-refractivity contribution < 1.29 is 22.1 Å². The lowest BCUT2D eigenvalue weighted by atomic mass is 9.89. The number of aliphatic hydroxyl groups excluding tert-OH is 1. The summed E-state index contributed by atoms with van der Waals surface area (Å²) in [6.45, 7) is 7.32. The Labute approximate surface area is 155 Å². The van der Waals surface area contributed by atoms with Crippen LogP contribution in [0.4, 0.5) is 5.95 Å². The third kappa shape index (κ3) is 3.97. The molecule has 0 saturated heterocycles. The Morgan fingerprint density at radius 2 is 1.64 bits per heavy atom. The first-order valence-corrected chi connectivity index (χ1v) is 8.36. The van der Waals surface area contributed by atoms with Crippen molar-refractivity contribution in [2.45, 2.75) is 40.0 Å². The Hall–Kier alpha value is -2.04. The molecule has 3 rings (SSSR count). The number of imidazole rings is 1. The van der Waals surface area contributed by atoms with E-state index in [4.69, 9.17) is 5.73 Å². The van der Waals surface area contributed by atoms with E-state index in [0.29, 0.717) is 19.0 Å². The van der Waals surface area contributed by atoms with Crippen molar-refractivity contribution in [2.75, 3.05) is 5.73 Å². The molecule has 1 atom stereocenters. The van der Waals surface area contributed by atoms with Gasteiger partial charge in [-0.1, -0.05) is 63.2 Å². The van der Waals surface area contributed by atoms with Gasteiger partial charge in [0, 0.05) is 0 Å². The molecule has 0 fully saturated rings. The first kappa shape index (κ1) is 19.3. The Balaban J connectivity index is 0.00000225. The number of aromatic nitrogens is 2. The van der Waals surface area contributed by atoms with Gasteiger partial charge in [-0.15, -0.1) is 0 Å². The summed E-state index contributed by atoms with van der Waals surface area (Å²) in [6.07, 6.45) is -0.471. The van der Waals surface area contributed by atoms with Crippen molar-refractivity contribution in [3.8, 4) is 0 Å². The third-order valence-corrected chi connectivity index (χ3v) is 4.56. The molecule has 1 aromatic heterocycles. The molecule has 0 amide bonds. The molecule has 1 unspecified atom stereocenters. The Morgan fingerprint density at radius 1 is 1.04 bits per heavy atom. The van der Waals surface area contributed by atoms with Crippen LogP contribution in [0.5, 0.6) is 0 Å². The van der Waals surface area contributed by atoms with Crippen LogP contribution in [-0.4, -0.2) is 15.8 Å². The topological polar surface area (TPSA) is 55.1 Å². The molecule has 0 bridgehead atoms. The van der Waals surface area contributed by atoms with Crippen LogP contribution in [0.25, 0.3) is 11.0 Å². The molecule has 3 N–H and O–H groups in total. The predicted molar refractivity (Wildman–Crippen MR) is 97.6 cm³/mol. The smallest absolute Gasteiger partial charge is 0.356 e. The molecule has 0 radical (unpaired) electrons. The number of aliphatic hydroxyl groups is 1. The van der Waals surface area contributed by atoms with Gasteiger partial charge in [-0.05, 0) is 23.1 Å². The van der Waals surface area contributed by atoms with E-state index < -0.39 is 6.10 Å². The van der Waals surface area contributed by atoms with Crippen LogP contribution in [0, 0.1) is 5.41 Å². The second kappa shape index (κ2) is 7.46. The van der Waals surface area contributed by atoms with Crippen LogP contribution in [0.2, 0.25) is 0 Å². The van der Waals surface area contributed by atoms with Crippen molar-refractivity contribution in [3.63, 3.8) is 0 Å². The van der Waals surface area contributed by atoms with Gasteiger partial charge in [0.15, 0.2) is 0 Å². The van der Waals surface area contributed by atoms with Gasteiger partial charge in [0.05, 0.1) is 19.2 Å². The fourth-order valence-electron chi connectivity index (χ4n) is 2.88. The number of nitrogens with two attached hydrogens (primary N) is 1. The maximum Gasteiger partial charge on any atom is 0.356 e. The second-order valence-electron chi connectivity index (χ2n) is 7.41. The van der Waals surface area contributed by atoms with E-state index in [-0.39, 0.29) is 17.8 Å². The number of fused-ring (bicyclic) bond motifs is 1. The Kier molecular flexibility index (Phi) is 5.76. The van der Waals surface area contributed by atoms with Gasteiger partial charge >= 0.3 is 5.95 Å². The first-order chi connectivity index (χ1) is 11.4. The van der Waals surface area contributed by atoms with Gasteiger partial charge in [-0.2, -0.15) is 0 Å². The van der Waals surface area contributed by atoms with E-state index in [1.165, 1.54) is 5.56 Å². The highest BCUT2D eigenvalue weighted by molar-refractivity contribution is 5.74. The number of nitrogens with zero attached hydrogens (tertiary/aromatic N) is 2. The van der Waals surface area contributed by atoms with E-state index in [1.807, 2.05) is 55.7 Å². The second-order valence-corrected chi connectivity index (χ2v) is 7.41. The summed E-state index contributed by atoms with van der Waals surface area (Å²) in [7, 11) is 0. The number of para-hydroxylation sites is 2. The van der Waals surface area contributed by atoms with Crippen molar-refractivity contribution >= 4 is 17.0 Å². The fraction of sp³-hybridized carbons (Fsp3) is 0.350. The van der Waals surface area contributed by atoms with Crippen molar-refractivity contribution in [1.29, 1.82) is 0 Å². The highest BCUT2D eigenvalue weighted by Crippen LogP contribution is 2.24. The van der Waals surface area contributed by atoms with E-state index in [2.05, 4.69) is 28.8 Å². The molecule has 25 heavy (non-hydrogen) atoms. The van der Waals surface area contributed by atoms with Crippen LogP contribution >= 0.6 is 0 Å². The molecule has 134 valence electrons. The molecule has 3 aromatic rings. The molecule has 2 aromatic carbocycles. The predicted octanol–water partition coefficient (Wildman–Crippen LogP) is -0.0297. The molecule has 4 nitrogen and oxygen atoms in total. The van der Waals surface area contributed by atoms with Crippen LogP contribution in [0.15, 0.2) is 54.6 Å². The number of hydrogen-bond acceptors (Lipinski definition) is 2. The summed E-state index contributed by atoms with van der Waals surface area (Å²) in [5.41, 5.74) is 9.61. The number of rotatable bonds is 4. The molecular weight excluding hydrogens is 334 g/mol. The lowest BCUT2D eigenvalue weighted by molar-refractivity contribution is -0.648. The monoisotopic (exact) mass is 359 g/mol. The molecule has 0 aliphatic carbocycles. The summed E-state index contributed by atoms with van der Waals surface area (Å²) < 4.78 is 4.13. The maximum atomic E-state index is 10.5. The minimum absolute atomic E-state index is 0. The summed E-state index contributed by atoms with van der Waals surface area (Å²) in [5.74, 6) is 0.670. The standard InChI is InChI=1S/C20H25N3O.ClH/c1-20(2,3)18(24)14-23-17-12-8-7-11-16(17)22(19(23)21)13-15-9-5-4-6-10-15;/h4-12,18,21,24H,13-14H2,1-3H3;1H. The molecule has 0 saturated carbocycles. The first-order valence-electron chi connectivity index (χ1n) is 8.36.